The number of carbonyl (C=O) groups excluding carboxylic acids is 1. The summed E-state index contributed by atoms with van der Waals surface area (Å²) < 4.78 is 31.2. The molecule has 1 aromatic heterocycles. The quantitative estimate of drug-likeness (QED) is 0.637. The summed E-state index contributed by atoms with van der Waals surface area (Å²) in [5.41, 5.74) is 9.22. The first kappa shape index (κ1) is 19.5. The number of sulfone groups is 1. The number of fused-ring (bicyclic) bond motifs is 4. The van der Waals surface area contributed by atoms with Crippen molar-refractivity contribution in [3.8, 4) is 5.75 Å². The van der Waals surface area contributed by atoms with E-state index in [9.17, 15) is 13.2 Å². The van der Waals surface area contributed by atoms with Gasteiger partial charge in [0.25, 0.3) is 0 Å². The van der Waals surface area contributed by atoms with Crippen LogP contribution in [0.1, 0.15) is 54.9 Å². The van der Waals surface area contributed by atoms with Gasteiger partial charge in [-0.25, -0.2) is 8.42 Å². The molecule has 7 heteroatoms. The molecule has 152 valence electrons. The molecule has 0 bridgehead atoms. The van der Waals surface area contributed by atoms with Crippen molar-refractivity contribution < 1.29 is 17.9 Å². The monoisotopic (exact) mass is 412 g/mol. The number of ketones is 1. The number of rotatable bonds is 3. The Bertz CT molecular complexity index is 1280. The van der Waals surface area contributed by atoms with Crippen molar-refractivity contribution in [2.75, 3.05) is 12.8 Å². The first-order valence-electron chi connectivity index (χ1n) is 9.43. The molecule has 0 saturated carbocycles. The smallest absolute Gasteiger partial charge is 0.195 e. The summed E-state index contributed by atoms with van der Waals surface area (Å²) in [6.07, 6.45) is 0. The highest BCUT2D eigenvalue weighted by Gasteiger charge is 2.41. The van der Waals surface area contributed by atoms with Crippen LogP contribution in [0.5, 0.6) is 5.75 Å². The number of nitrogen functional groups attached to an aromatic ring is 1. The molecular weight excluding hydrogens is 388 g/mol. The predicted octanol–water partition coefficient (Wildman–Crippen LogP) is 3.81. The maximum absolute atomic E-state index is 13.5. The van der Waals surface area contributed by atoms with E-state index in [4.69, 9.17) is 10.5 Å². The van der Waals surface area contributed by atoms with E-state index in [0.717, 1.165) is 22.2 Å². The van der Waals surface area contributed by atoms with Gasteiger partial charge in [0.1, 0.15) is 10.6 Å². The van der Waals surface area contributed by atoms with Gasteiger partial charge in [0, 0.05) is 33.3 Å². The van der Waals surface area contributed by atoms with E-state index in [0.29, 0.717) is 16.8 Å². The Balaban J connectivity index is 2.07. The van der Waals surface area contributed by atoms with Crippen LogP contribution in [0, 0.1) is 0 Å². The molecule has 29 heavy (non-hydrogen) atoms. The van der Waals surface area contributed by atoms with Gasteiger partial charge in [-0.15, -0.1) is 0 Å². The van der Waals surface area contributed by atoms with Crippen LogP contribution in [0.15, 0.2) is 35.2 Å². The number of nitrogens with two attached hydrogens (primary N) is 1. The Morgan fingerprint density at radius 2 is 1.83 bits per heavy atom. The number of hydrogen-bond donors (Lipinski definition) is 2. The van der Waals surface area contributed by atoms with Crippen molar-refractivity contribution in [3.63, 3.8) is 0 Å². The van der Waals surface area contributed by atoms with Gasteiger partial charge in [-0.05, 0) is 43.7 Å². The number of methoxy groups -OCH3 is 1. The second kappa shape index (κ2) is 6.10. The standard InChI is InChI=1S/C22H24N2O4S/c1-11(2)29(26,27)18-9-14-15(10-17(18)28-5)22(3,4)21-19(20(14)25)13-7-6-12(23)8-16(13)24-21/h6-11,24H,23H2,1-5H3. The van der Waals surface area contributed by atoms with Crippen LogP contribution in [0.4, 0.5) is 5.69 Å². The van der Waals surface area contributed by atoms with Crippen molar-refractivity contribution in [1.82, 2.24) is 4.98 Å². The fourth-order valence-electron chi connectivity index (χ4n) is 4.09. The van der Waals surface area contributed by atoms with Gasteiger partial charge < -0.3 is 15.5 Å². The number of aromatic amines is 1. The van der Waals surface area contributed by atoms with Crippen LogP contribution >= 0.6 is 0 Å². The molecule has 6 nitrogen and oxygen atoms in total. The zero-order valence-electron chi connectivity index (χ0n) is 17.1. The summed E-state index contributed by atoms with van der Waals surface area (Å²) in [4.78, 5) is 16.9. The average molecular weight is 413 g/mol. The van der Waals surface area contributed by atoms with Crippen LogP contribution in [0.25, 0.3) is 10.9 Å². The van der Waals surface area contributed by atoms with Crippen LogP contribution in [-0.2, 0) is 15.3 Å². The lowest BCUT2D eigenvalue weighted by Gasteiger charge is -2.33. The molecule has 0 aliphatic heterocycles. The molecule has 0 atom stereocenters. The fraction of sp³-hybridized carbons (Fsp3) is 0.318. The molecule has 1 aliphatic rings. The molecule has 0 unspecified atom stereocenters. The molecular formula is C22H24N2O4S. The van der Waals surface area contributed by atoms with E-state index in [-0.39, 0.29) is 16.4 Å². The zero-order valence-corrected chi connectivity index (χ0v) is 17.9. The molecule has 1 heterocycles. The Hall–Kier alpha value is -2.80. The third-order valence-electron chi connectivity index (χ3n) is 5.82. The maximum Gasteiger partial charge on any atom is 0.195 e. The Morgan fingerprint density at radius 3 is 2.45 bits per heavy atom. The number of aromatic nitrogens is 1. The highest BCUT2D eigenvalue weighted by molar-refractivity contribution is 7.92. The number of H-pyrrole nitrogens is 1. The Labute approximate surface area is 170 Å². The van der Waals surface area contributed by atoms with Gasteiger partial charge in [-0.3, -0.25) is 4.79 Å². The minimum atomic E-state index is -3.63. The molecule has 0 amide bonds. The fourth-order valence-corrected chi connectivity index (χ4v) is 5.30. The molecule has 0 saturated heterocycles. The molecule has 4 rings (SSSR count). The summed E-state index contributed by atoms with van der Waals surface area (Å²) in [5.74, 6) is 0.0512. The van der Waals surface area contributed by atoms with Crippen molar-refractivity contribution >= 4 is 32.2 Å². The SMILES string of the molecule is COc1cc2c(cc1S(=O)(=O)C(C)C)C(=O)c1c([nH]c3cc(N)ccc13)C2(C)C. The number of anilines is 1. The van der Waals surface area contributed by atoms with Crippen molar-refractivity contribution in [3.05, 3.63) is 52.7 Å². The topological polar surface area (TPSA) is 102 Å². The number of benzene rings is 2. The van der Waals surface area contributed by atoms with E-state index in [2.05, 4.69) is 4.98 Å². The van der Waals surface area contributed by atoms with Crippen molar-refractivity contribution in [2.45, 2.75) is 43.3 Å². The van der Waals surface area contributed by atoms with E-state index in [1.54, 1.807) is 32.0 Å². The normalized spacial score (nSPS) is 15.4. The van der Waals surface area contributed by atoms with Crippen molar-refractivity contribution in [1.29, 1.82) is 0 Å². The third kappa shape index (κ3) is 2.60. The lowest BCUT2D eigenvalue weighted by molar-refractivity contribution is 0.103. The predicted molar refractivity (Wildman–Crippen MR) is 114 cm³/mol. The molecule has 2 aromatic carbocycles. The summed E-state index contributed by atoms with van der Waals surface area (Å²) in [5, 5.41) is 0.148. The minimum Gasteiger partial charge on any atom is -0.495 e. The largest absolute Gasteiger partial charge is 0.495 e. The van der Waals surface area contributed by atoms with Crippen LogP contribution in [0.3, 0.4) is 0 Å². The zero-order chi connectivity index (χ0) is 21.3. The number of hydrogen-bond acceptors (Lipinski definition) is 5. The van der Waals surface area contributed by atoms with Crippen molar-refractivity contribution in [2.24, 2.45) is 0 Å². The van der Waals surface area contributed by atoms with Crippen LogP contribution < -0.4 is 10.5 Å². The number of carbonyl (C=O) groups is 1. The van der Waals surface area contributed by atoms with Crippen LogP contribution in [-0.4, -0.2) is 31.5 Å². The van der Waals surface area contributed by atoms with Gasteiger partial charge in [-0.1, -0.05) is 19.9 Å². The van der Waals surface area contributed by atoms with E-state index in [1.807, 2.05) is 19.9 Å². The number of nitrogens with one attached hydrogen (secondary N) is 1. The van der Waals surface area contributed by atoms with E-state index < -0.39 is 20.5 Å². The molecule has 3 N–H and O–H groups in total. The summed E-state index contributed by atoms with van der Waals surface area (Å²) in [6, 6.07) is 8.55. The third-order valence-corrected chi connectivity index (χ3v) is 8.00. The second-order valence-corrected chi connectivity index (χ2v) is 10.7. The van der Waals surface area contributed by atoms with Gasteiger partial charge in [0.2, 0.25) is 0 Å². The first-order valence-corrected chi connectivity index (χ1v) is 11.0. The van der Waals surface area contributed by atoms with E-state index in [1.165, 1.54) is 13.2 Å². The maximum atomic E-state index is 13.5. The lowest BCUT2D eigenvalue weighted by Crippen LogP contribution is -2.31. The highest BCUT2D eigenvalue weighted by atomic mass is 32.2. The Kier molecular flexibility index (Phi) is 4.10. The summed E-state index contributed by atoms with van der Waals surface area (Å²) >= 11 is 0. The van der Waals surface area contributed by atoms with Gasteiger partial charge in [-0.2, -0.15) is 0 Å². The van der Waals surface area contributed by atoms with Crippen LogP contribution in [0.2, 0.25) is 0 Å². The van der Waals surface area contributed by atoms with Gasteiger partial charge in [0.05, 0.1) is 17.9 Å². The molecule has 3 aromatic rings. The molecule has 0 spiro atoms. The first-order chi connectivity index (χ1) is 13.5. The number of ether oxygens (including phenoxy) is 1. The minimum absolute atomic E-state index is 0.0467. The molecule has 0 fully saturated rings. The molecule has 1 aliphatic carbocycles. The van der Waals surface area contributed by atoms with E-state index >= 15 is 0 Å². The molecule has 0 radical (unpaired) electrons. The summed E-state index contributed by atoms with van der Waals surface area (Å²) in [6.45, 7) is 7.24. The highest BCUT2D eigenvalue weighted by Crippen LogP contribution is 2.46. The average Bonchev–Trinajstić information content (AvgIpc) is 3.05. The Morgan fingerprint density at radius 1 is 1.14 bits per heavy atom. The van der Waals surface area contributed by atoms with Gasteiger partial charge in [0.15, 0.2) is 15.6 Å². The summed E-state index contributed by atoms with van der Waals surface area (Å²) in [7, 11) is -2.19. The second-order valence-electron chi connectivity index (χ2n) is 8.28. The lowest BCUT2D eigenvalue weighted by atomic mass is 9.71. The van der Waals surface area contributed by atoms with Gasteiger partial charge >= 0.3 is 0 Å².